The Hall–Kier alpha value is -1.40. The Balaban J connectivity index is 2.18. The minimum atomic E-state index is -4.44. The first-order valence-corrected chi connectivity index (χ1v) is 6.85. The molecule has 1 heterocycles. The smallest absolute Gasteiger partial charge is 0.305 e. The molecule has 0 aromatic heterocycles. The minimum Gasteiger partial charge on any atom is -0.305 e. The number of hydrogen-bond acceptors (Lipinski definition) is 3. The Labute approximate surface area is 122 Å². The zero-order chi connectivity index (χ0) is 15.6. The Kier molecular flexibility index (Phi) is 4.68. The maximum absolute atomic E-state index is 13.1. The molecule has 1 aliphatic rings. The van der Waals surface area contributed by atoms with Gasteiger partial charge in [0.05, 0.1) is 5.56 Å². The summed E-state index contributed by atoms with van der Waals surface area (Å²) in [7, 11) is 3.96. The highest BCUT2D eigenvalue weighted by atomic mass is 19.4. The number of benzene rings is 1. The van der Waals surface area contributed by atoms with Gasteiger partial charge < -0.3 is 4.90 Å². The zero-order valence-electron chi connectivity index (χ0n) is 12.2. The third kappa shape index (κ3) is 3.83. The first-order chi connectivity index (χ1) is 9.81. The number of hydrogen-bond donors (Lipinski definition) is 0. The molecular formula is C15H19F3N2O. The topological polar surface area (TPSA) is 23.6 Å². The fourth-order valence-electron chi connectivity index (χ4n) is 2.69. The van der Waals surface area contributed by atoms with Crippen molar-refractivity contribution < 1.29 is 18.0 Å². The third-order valence-electron chi connectivity index (χ3n) is 3.95. The van der Waals surface area contributed by atoms with Crippen LogP contribution in [0.25, 0.3) is 0 Å². The molecule has 0 amide bonds. The van der Waals surface area contributed by atoms with Gasteiger partial charge >= 0.3 is 6.18 Å². The first-order valence-electron chi connectivity index (χ1n) is 6.85. The number of carbonyl (C=O) groups is 1. The number of aldehydes is 1. The summed E-state index contributed by atoms with van der Waals surface area (Å²) >= 11 is 0. The number of carbonyl (C=O) groups excluding carboxylic acids is 1. The highest BCUT2D eigenvalue weighted by Crippen LogP contribution is 2.33. The molecule has 1 unspecified atom stereocenters. The van der Waals surface area contributed by atoms with E-state index in [4.69, 9.17) is 0 Å². The van der Waals surface area contributed by atoms with Gasteiger partial charge in [-0.3, -0.25) is 9.69 Å². The van der Waals surface area contributed by atoms with Crippen LogP contribution in [0.5, 0.6) is 0 Å². The molecule has 6 heteroatoms. The summed E-state index contributed by atoms with van der Waals surface area (Å²) in [5.41, 5.74) is -0.424. The zero-order valence-corrected chi connectivity index (χ0v) is 12.2. The summed E-state index contributed by atoms with van der Waals surface area (Å²) in [6.45, 7) is 1.81. The molecule has 1 atom stereocenters. The Morgan fingerprint density at radius 3 is 2.62 bits per heavy atom. The molecule has 0 bridgehead atoms. The molecule has 21 heavy (non-hydrogen) atoms. The van der Waals surface area contributed by atoms with Gasteiger partial charge in [0, 0.05) is 31.2 Å². The van der Waals surface area contributed by atoms with Gasteiger partial charge in [-0.25, -0.2) is 0 Å². The molecule has 1 fully saturated rings. The summed E-state index contributed by atoms with van der Waals surface area (Å²) in [5.74, 6) is 0. The molecule has 0 aliphatic carbocycles. The number of nitrogens with zero attached hydrogens (tertiary/aromatic N) is 2. The first kappa shape index (κ1) is 16.0. The lowest BCUT2D eigenvalue weighted by molar-refractivity contribution is -0.138. The van der Waals surface area contributed by atoms with Crippen LogP contribution in [0.2, 0.25) is 0 Å². The minimum absolute atomic E-state index is 0.0543. The van der Waals surface area contributed by atoms with Crippen molar-refractivity contribution in [1.29, 1.82) is 0 Å². The van der Waals surface area contributed by atoms with E-state index in [1.54, 1.807) is 0 Å². The van der Waals surface area contributed by atoms with Crippen molar-refractivity contribution >= 4 is 6.29 Å². The average molecular weight is 300 g/mol. The van der Waals surface area contributed by atoms with Crippen LogP contribution in [-0.4, -0.2) is 49.3 Å². The van der Waals surface area contributed by atoms with E-state index in [0.29, 0.717) is 12.3 Å². The van der Waals surface area contributed by atoms with Crippen LogP contribution in [0.15, 0.2) is 18.2 Å². The lowest BCUT2D eigenvalue weighted by Gasteiger charge is -2.22. The Bertz CT molecular complexity index is 514. The molecule has 1 aliphatic heterocycles. The second kappa shape index (κ2) is 6.15. The van der Waals surface area contributed by atoms with Gasteiger partial charge in [0.25, 0.3) is 0 Å². The van der Waals surface area contributed by atoms with E-state index in [1.165, 1.54) is 12.1 Å². The van der Waals surface area contributed by atoms with Crippen LogP contribution in [0.4, 0.5) is 13.2 Å². The van der Waals surface area contributed by atoms with Crippen LogP contribution in [-0.2, 0) is 12.7 Å². The van der Waals surface area contributed by atoms with E-state index >= 15 is 0 Å². The normalized spacial score (nSPS) is 20.2. The van der Waals surface area contributed by atoms with Crippen LogP contribution >= 0.6 is 0 Å². The van der Waals surface area contributed by atoms with E-state index in [-0.39, 0.29) is 17.7 Å². The van der Waals surface area contributed by atoms with Crippen LogP contribution < -0.4 is 0 Å². The molecule has 3 nitrogen and oxygen atoms in total. The summed E-state index contributed by atoms with van der Waals surface area (Å²) in [5, 5.41) is 0. The van der Waals surface area contributed by atoms with Crippen molar-refractivity contribution in [3.63, 3.8) is 0 Å². The van der Waals surface area contributed by atoms with E-state index in [2.05, 4.69) is 4.90 Å². The summed E-state index contributed by atoms with van der Waals surface area (Å²) < 4.78 is 39.3. The molecule has 116 valence electrons. The van der Waals surface area contributed by atoms with Crippen molar-refractivity contribution in [1.82, 2.24) is 9.80 Å². The van der Waals surface area contributed by atoms with E-state index in [1.807, 2.05) is 19.0 Å². The summed E-state index contributed by atoms with van der Waals surface area (Å²) in [6, 6.07) is 4.17. The van der Waals surface area contributed by atoms with Crippen molar-refractivity contribution in [2.75, 3.05) is 27.2 Å². The molecule has 1 saturated heterocycles. The van der Waals surface area contributed by atoms with Crippen LogP contribution in [0.1, 0.15) is 27.9 Å². The Morgan fingerprint density at radius 2 is 2.10 bits per heavy atom. The van der Waals surface area contributed by atoms with E-state index in [0.717, 1.165) is 25.6 Å². The number of likely N-dealkylation sites (tertiary alicyclic amines) is 1. The molecule has 0 N–H and O–H groups in total. The maximum Gasteiger partial charge on any atom is 0.416 e. The van der Waals surface area contributed by atoms with Gasteiger partial charge in [-0.1, -0.05) is 12.1 Å². The largest absolute Gasteiger partial charge is 0.416 e. The second-order valence-corrected chi connectivity index (χ2v) is 5.67. The SMILES string of the molecule is CN(C)C1CCN(Cc2ccc(C=O)cc2C(F)(F)F)C1. The lowest BCUT2D eigenvalue weighted by atomic mass is 10.0. The van der Waals surface area contributed by atoms with E-state index < -0.39 is 11.7 Å². The third-order valence-corrected chi connectivity index (χ3v) is 3.95. The standard InChI is InChI=1S/C15H19F3N2O/c1-19(2)13-5-6-20(9-13)8-12-4-3-11(10-21)7-14(12)15(16,17)18/h3-4,7,10,13H,5-6,8-9H2,1-2H3. The van der Waals surface area contributed by atoms with Gasteiger partial charge in [0.2, 0.25) is 0 Å². The average Bonchev–Trinajstić information content (AvgIpc) is 2.86. The predicted molar refractivity (Wildman–Crippen MR) is 74.2 cm³/mol. The lowest BCUT2D eigenvalue weighted by Crippen LogP contribution is -2.31. The highest BCUT2D eigenvalue weighted by Gasteiger charge is 2.34. The Morgan fingerprint density at radius 1 is 1.38 bits per heavy atom. The molecule has 1 aromatic carbocycles. The van der Waals surface area contributed by atoms with Crippen molar-refractivity contribution in [3.8, 4) is 0 Å². The van der Waals surface area contributed by atoms with Crippen LogP contribution in [0.3, 0.4) is 0 Å². The molecule has 0 saturated carbocycles. The van der Waals surface area contributed by atoms with Crippen molar-refractivity contribution in [2.45, 2.75) is 25.2 Å². The maximum atomic E-state index is 13.1. The van der Waals surface area contributed by atoms with Crippen molar-refractivity contribution in [3.05, 3.63) is 34.9 Å². The van der Waals surface area contributed by atoms with Gasteiger partial charge in [0.15, 0.2) is 0 Å². The number of alkyl halides is 3. The number of rotatable bonds is 4. The van der Waals surface area contributed by atoms with Gasteiger partial charge in [-0.15, -0.1) is 0 Å². The highest BCUT2D eigenvalue weighted by molar-refractivity contribution is 5.75. The number of likely N-dealkylation sites (N-methyl/N-ethyl adjacent to an activating group) is 1. The second-order valence-electron chi connectivity index (χ2n) is 5.67. The number of halogens is 3. The van der Waals surface area contributed by atoms with E-state index in [9.17, 15) is 18.0 Å². The fraction of sp³-hybridized carbons (Fsp3) is 0.533. The fourth-order valence-corrected chi connectivity index (χ4v) is 2.69. The summed E-state index contributed by atoms with van der Waals surface area (Å²) in [6.07, 6.45) is -3.03. The van der Waals surface area contributed by atoms with Gasteiger partial charge in [0.1, 0.15) is 6.29 Å². The molecule has 0 spiro atoms. The quantitative estimate of drug-likeness (QED) is 0.799. The van der Waals surface area contributed by atoms with Crippen LogP contribution in [0, 0.1) is 0 Å². The summed E-state index contributed by atoms with van der Waals surface area (Å²) in [4.78, 5) is 14.8. The molecule has 0 radical (unpaired) electrons. The molecule has 2 rings (SSSR count). The molecular weight excluding hydrogens is 281 g/mol. The van der Waals surface area contributed by atoms with Gasteiger partial charge in [-0.2, -0.15) is 13.2 Å². The predicted octanol–water partition coefficient (Wildman–Crippen LogP) is 2.65. The monoisotopic (exact) mass is 300 g/mol. The van der Waals surface area contributed by atoms with Crippen molar-refractivity contribution in [2.24, 2.45) is 0 Å². The molecule has 1 aromatic rings. The van der Waals surface area contributed by atoms with Gasteiger partial charge in [-0.05, 0) is 32.1 Å².